The van der Waals surface area contributed by atoms with Crippen LogP contribution in [0.2, 0.25) is 0 Å². The molecule has 0 saturated heterocycles. The minimum atomic E-state index is 0.561. The molecule has 33 heavy (non-hydrogen) atoms. The van der Waals surface area contributed by atoms with Gasteiger partial charge in [0.25, 0.3) is 0 Å². The standard InChI is InChI=1S/C29H18N4/c30-19-25-27-26(24-18-23(16-17-33(24)25)20-10-4-1-5-11-20)28(21-12-6-2-7-13-21)31-32-29(27)22-14-8-3-9-15-22/h1-18H. The van der Waals surface area contributed by atoms with Crippen molar-refractivity contribution in [3.05, 3.63) is 115 Å². The highest BCUT2D eigenvalue weighted by Gasteiger charge is 2.22. The van der Waals surface area contributed by atoms with Crippen LogP contribution in [0.4, 0.5) is 0 Å². The molecule has 0 N–H and O–H groups in total. The van der Waals surface area contributed by atoms with Crippen molar-refractivity contribution in [3.8, 4) is 39.7 Å². The first kappa shape index (κ1) is 19.0. The van der Waals surface area contributed by atoms with Crippen LogP contribution in [0.25, 0.3) is 49.9 Å². The number of benzene rings is 3. The number of hydrogen-bond acceptors (Lipinski definition) is 3. The predicted molar refractivity (Wildman–Crippen MR) is 132 cm³/mol. The van der Waals surface area contributed by atoms with Crippen LogP contribution >= 0.6 is 0 Å². The summed E-state index contributed by atoms with van der Waals surface area (Å²) >= 11 is 0. The van der Waals surface area contributed by atoms with Gasteiger partial charge in [0, 0.05) is 28.1 Å². The first-order valence-corrected chi connectivity index (χ1v) is 10.8. The number of aromatic nitrogens is 3. The minimum Gasteiger partial charge on any atom is -0.307 e. The van der Waals surface area contributed by atoms with Gasteiger partial charge >= 0.3 is 0 Å². The van der Waals surface area contributed by atoms with Crippen LogP contribution in [-0.4, -0.2) is 14.6 Å². The Labute approximate surface area is 191 Å². The molecule has 0 aliphatic carbocycles. The van der Waals surface area contributed by atoms with Gasteiger partial charge in [-0.3, -0.25) is 0 Å². The van der Waals surface area contributed by atoms with Crippen molar-refractivity contribution >= 4 is 16.3 Å². The molecule has 154 valence electrons. The molecule has 0 aliphatic heterocycles. The normalized spacial score (nSPS) is 11.0. The van der Waals surface area contributed by atoms with Crippen LogP contribution < -0.4 is 0 Å². The van der Waals surface area contributed by atoms with E-state index < -0.39 is 0 Å². The molecule has 3 heterocycles. The third-order valence-electron chi connectivity index (χ3n) is 5.97. The largest absolute Gasteiger partial charge is 0.307 e. The van der Waals surface area contributed by atoms with Crippen molar-refractivity contribution in [2.75, 3.05) is 0 Å². The summed E-state index contributed by atoms with van der Waals surface area (Å²) in [4.78, 5) is 0. The van der Waals surface area contributed by atoms with Gasteiger partial charge < -0.3 is 4.40 Å². The molecule has 6 rings (SSSR count). The van der Waals surface area contributed by atoms with E-state index in [1.807, 2.05) is 95.5 Å². The highest BCUT2D eigenvalue weighted by atomic mass is 15.1. The summed E-state index contributed by atoms with van der Waals surface area (Å²) in [7, 11) is 0. The molecule has 4 heteroatoms. The van der Waals surface area contributed by atoms with Crippen molar-refractivity contribution in [2.24, 2.45) is 0 Å². The predicted octanol–water partition coefficient (Wildman–Crippen LogP) is 6.76. The van der Waals surface area contributed by atoms with E-state index in [-0.39, 0.29) is 0 Å². The molecule has 0 spiro atoms. The lowest BCUT2D eigenvalue weighted by atomic mass is 10.0. The number of nitriles is 1. The van der Waals surface area contributed by atoms with Crippen LogP contribution in [0.15, 0.2) is 109 Å². The summed E-state index contributed by atoms with van der Waals surface area (Å²) in [5.41, 5.74) is 7.10. The van der Waals surface area contributed by atoms with Gasteiger partial charge in [-0.2, -0.15) is 5.26 Å². The monoisotopic (exact) mass is 422 g/mol. The van der Waals surface area contributed by atoms with E-state index in [1.54, 1.807) is 0 Å². The topological polar surface area (TPSA) is 54.0 Å². The number of fused-ring (bicyclic) bond motifs is 3. The summed E-state index contributed by atoms with van der Waals surface area (Å²) < 4.78 is 1.96. The van der Waals surface area contributed by atoms with Gasteiger partial charge in [-0.1, -0.05) is 91.0 Å². The Hall–Kier alpha value is -4.75. The van der Waals surface area contributed by atoms with Gasteiger partial charge in [0.1, 0.15) is 23.2 Å². The Morgan fingerprint density at radius 2 is 1.09 bits per heavy atom. The number of pyridine rings is 1. The molecule has 6 aromatic rings. The summed E-state index contributed by atoms with van der Waals surface area (Å²) in [5, 5.41) is 21.3. The lowest BCUT2D eigenvalue weighted by molar-refractivity contribution is 1.06. The highest BCUT2D eigenvalue weighted by Crippen LogP contribution is 2.39. The maximum atomic E-state index is 10.2. The van der Waals surface area contributed by atoms with Crippen molar-refractivity contribution in [1.82, 2.24) is 14.6 Å². The summed E-state index contributed by atoms with van der Waals surface area (Å²) in [6, 6.07) is 36.9. The summed E-state index contributed by atoms with van der Waals surface area (Å²) in [6.07, 6.45) is 1.97. The highest BCUT2D eigenvalue weighted by molar-refractivity contribution is 6.13. The van der Waals surface area contributed by atoms with Gasteiger partial charge in [0.2, 0.25) is 0 Å². The van der Waals surface area contributed by atoms with Crippen LogP contribution in [0.3, 0.4) is 0 Å². The molecule has 0 radical (unpaired) electrons. The SMILES string of the molecule is N#Cc1c2c(-c3ccccc3)nnc(-c3ccccc3)c2c2cc(-c3ccccc3)ccn12. The fourth-order valence-corrected chi connectivity index (χ4v) is 4.44. The van der Waals surface area contributed by atoms with E-state index in [0.717, 1.165) is 44.2 Å². The van der Waals surface area contributed by atoms with Gasteiger partial charge in [0.15, 0.2) is 0 Å². The Morgan fingerprint density at radius 1 is 0.576 bits per heavy atom. The third kappa shape index (κ3) is 3.07. The van der Waals surface area contributed by atoms with Crippen LogP contribution in [0, 0.1) is 11.3 Å². The van der Waals surface area contributed by atoms with Crippen molar-refractivity contribution < 1.29 is 0 Å². The maximum Gasteiger partial charge on any atom is 0.135 e. The van der Waals surface area contributed by atoms with E-state index >= 15 is 0 Å². The maximum absolute atomic E-state index is 10.2. The van der Waals surface area contributed by atoms with E-state index in [0.29, 0.717) is 11.4 Å². The van der Waals surface area contributed by atoms with Gasteiger partial charge in [-0.25, -0.2) is 0 Å². The molecule has 0 unspecified atom stereocenters. The van der Waals surface area contributed by atoms with Gasteiger partial charge in [0.05, 0.1) is 5.52 Å². The van der Waals surface area contributed by atoms with Gasteiger partial charge in [-0.05, 0) is 23.3 Å². The summed E-state index contributed by atoms with van der Waals surface area (Å²) in [6.45, 7) is 0. The zero-order chi connectivity index (χ0) is 22.2. The summed E-state index contributed by atoms with van der Waals surface area (Å²) in [5.74, 6) is 0. The number of hydrogen-bond donors (Lipinski definition) is 0. The molecule has 3 aromatic heterocycles. The Morgan fingerprint density at radius 3 is 1.64 bits per heavy atom. The second-order valence-electron chi connectivity index (χ2n) is 7.88. The quantitative estimate of drug-likeness (QED) is 0.317. The van der Waals surface area contributed by atoms with Crippen molar-refractivity contribution in [2.45, 2.75) is 0 Å². The van der Waals surface area contributed by atoms with Crippen LogP contribution in [0.5, 0.6) is 0 Å². The van der Waals surface area contributed by atoms with E-state index in [2.05, 4.69) is 34.5 Å². The van der Waals surface area contributed by atoms with E-state index in [4.69, 9.17) is 0 Å². The number of nitrogens with zero attached hydrogens (tertiary/aromatic N) is 4. The fraction of sp³-hybridized carbons (Fsp3) is 0. The molecule has 0 fully saturated rings. The second-order valence-corrected chi connectivity index (χ2v) is 7.88. The Bertz CT molecular complexity index is 1650. The van der Waals surface area contributed by atoms with Crippen molar-refractivity contribution in [3.63, 3.8) is 0 Å². The zero-order valence-corrected chi connectivity index (χ0v) is 17.7. The molecular weight excluding hydrogens is 404 g/mol. The van der Waals surface area contributed by atoms with E-state index in [1.165, 1.54) is 0 Å². The lowest BCUT2D eigenvalue weighted by Gasteiger charge is -2.08. The molecule has 0 saturated carbocycles. The lowest BCUT2D eigenvalue weighted by Crippen LogP contribution is -1.94. The molecule has 0 bridgehead atoms. The number of rotatable bonds is 3. The molecule has 0 aliphatic rings. The molecule has 0 atom stereocenters. The van der Waals surface area contributed by atoms with E-state index in [9.17, 15) is 5.26 Å². The molecule has 4 nitrogen and oxygen atoms in total. The average Bonchev–Trinajstić information content (AvgIpc) is 3.23. The minimum absolute atomic E-state index is 0.561. The van der Waals surface area contributed by atoms with Gasteiger partial charge in [-0.15, -0.1) is 10.2 Å². The van der Waals surface area contributed by atoms with Crippen molar-refractivity contribution in [1.29, 1.82) is 5.26 Å². The third-order valence-corrected chi connectivity index (χ3v) is 5.97. The smallest absolute Gasteiger partial charge is 0.135 e. The first-order valence-electron chi connectivity index (χ1n) is 10.8. The molecular formula is C29H18N4. The zero-order valence-electron chi connectivity index (χ0n) is 17.7. The van der Waals surface area contributed by atoms with Crippen LogP contribution in [-0.2, 0) is 0 Å². The van der Waals surface area contributed by atoms with Crippen LogP contribution in [0.1, 0.15) is 5.69 Å². The average molecular weight is 422 g/mol. The first-order chi connectivity index (χ1) is 16.3. The molecule has 0 amide bonds. The Kier molecular flexibility index (Phi) is 4.45. The Balaban J connectivity index is 1.78. The fourth-order valence-electron chi connectivity index (χ4n) is 4.44. The second kappa shape index (κ2) is 7.74. The molecule has 3 aromatic carbocycles.